The first-order valence-electron chi connectivity index (χ1n) is 5.87. The molecular weight excluding hydrogens is 319 g/mol. The molecule has 0 unspecified atom stereocenters. The van der Waals surface area contributed by atoms with Crippen molar-refractivity contribution in [1.29, 1.82) is 0 Å². The van der Waals surface area contributed by atoms with Gasteiger partial charge >= 0.3 is 5.69 Å². The van der Waals surface area contributed by atoms with Gasteiger partial charge in [0.25, 0.3) is 5.88 Å². The van der Waals surface area contributed by atoms with Crippen LogP contribution in [0.4, 0.5) is 17.2 Å². The van der Waals surface area contributed by atoms with Crippen LogP contribution in [0.2, 0.25) is 10.0 Å². The molecule has 0 atom stereocenters. The van der Waals surface area contributed by atoms with E-state index in [1.54, 1.807) is 19.1 Å². The molecule has 0 bridgehead atoms. The summed E-state index contributed by atoms with van der Waals surface area (Å²) in [5.74, 6) is -0.138. The first-order valence-corrected chi connectivity index (χ1v) is 6.62. The smallest absolute Gasteiger partial charge is 0.373 e. The molecule has 0 radical (unpaired) electrons. The Morgan fingerprint density at radius 3 is 2.81 bits per heavy atom. The van der Waals surface area contributed by atoms with Gasteiger partial charge in [0.05, 0.1) is 22.2 Å². The summed E-state index contributed by atoms with van der Waals surface area (Å²) in [7, 11) is 0. The number of hydrogen-bond acceptors (Lipinski definition) is 6. The minimum Gasteiger partial charge on any atom is -0.473 e. The van der Waals surface area contributed by atoms with Crippen LogP contribution in [0.15, 0.2) is 24.5 Å². The van der Waals surface area contributed by atoms with Crippen molar-refractivity contribution in [3.05, 3.63) is 44.7 Å². The zero-order chi connectivity index (χ0) is 15.4. The predicted octanol–water partition coefficient (Wildman–Crippen LogP) is 3.83. The van der Waals surface area contributed by atoms with Crippen molar-refractivity contribution >= 4 is 40.4 Å². The van der Waals surface area contributed by atoms with Crippen molar-refractivity contribution in [2.45, 2.75) is 6.92 Å². The molecule has 1 aromatic heterocycles. The van der Waals surface area contributed by atoms with Crippen molar-refractivity contribution in [3.8, 4) is 5.88 Å². The maximum Gasteiger partial charge on any atom is 0.373 e. The van der Waals surface area contributed by atoms with Crippen molar-refractivity contribution in [2.75, 3.05) is 11.9 Å². The molecule has 21 heavy (non-hydrogen) atoms. The fourth-order valence-electron chi connectivity index (χ4n) is 1.58. The van der Waals surface area contributed by atoms with Crippen LogP contribution in [0.3, 0.4) is 0 Å². The van der Waals surface area contributed by atoms with Crippen LogP contribution < -0.4 is 10.1 Å². The van der Waals surface area contributed by atoms with Crippen molar-refractivity contribution in [2.24, 2.45) is 0 Å². The highest BCUT2D eigenvalue weighted by atomic mass is 35.5. The molecule has 0 aliphatic rings. The highest BCUT2D eigenvalue weighted by Gasteiger charge is 2.24. The molecule has 0 spiro atoms. The SMILES string of the molecule is CCOc1ncnc(Nc2cc(Cl)ccc2Cl)c1[N+](=O)[O-]. The van der Waals surface area contributed by atoms with Gasteiger partial charge in [-0.25, -0.2) is 4.98 Å². The summed E-state index contributed by atoms with van der Waals surface area (Å²) in [6.45, 7) is 1.95. The Hall–Kier alpha value is -2.12. The number of nitro groups is 1. The Bertz CT molecular complexity index is 682. The summed E-state index contributed by atoms with van der Waals surface area (Å²) in [6.07, 6.45) is 1.17. The van der Waals surface area contributed by atoms with Gasteiger partial charge in [0.2, 0.25) is 5.82 Å². The molecule has 1 aromatic carbocycles. The van der Waals surface area contributed by atoms with Crippen LogP contribution in [0, 0.1) is 10.1 Å². The number of nitrogens with zero attached hydrogens (tertiary/aromatic N) is 3. The number of halogens is 2. The van der Waals surface area contributed by atoms with Gasteiger partial charge in [-0.3, -0.25) is 10.1 Å². The third kappa shape index (κ3) is 3.50. The predicted molar refractivity (Wildman–Crippen MR) is 79.6 cm³/mol. The van der Waals surface area contributed by atoms with E-state index in [1.165, 1.54) is 12.4 Å². The number of anilines is 2. The van der Waals surface area contributed by atoms with E-state index >= 15 is 0 Å². The van der Waals surface area contributed by atoms with E-state index in [-0.39, 0.29) is 24.0 Å². The third-order valence-corrected chi connectivity index (χ3v) is 3.00. The van der Waals surface area contributed by atoms with E-state index in [1.807, 2.05) is 0 Å². The standard InChI is InChI=1S/C12H10Cl2N4O3/c1-2-21-12-10(18(19)20)11(15-6-16-12)17-9-5-7(13)3-4-8(9)14/h3-6H,2H2,1H3,(H,15,16,17). The Morgan fingerprint density at radius 1 is 1.38 bits per heavy atom. The van der Waals surface area contributed by atoms with Gasteiger partial charge in [-0.15, -0.1) is 0 Å². The molecule has 110 valence electrons. The van der Waals surface area contributed by atoms with Crippen LogP contribution in [-0.2, 0) is 0 Å². The average Bonchev–Trinajstić information content (AvgIpc) is 2.43. The van der Waals surface area contributed by atoms with E-state index in [0.717, 1.165) is 0 Å². The Morgan fingerprint density at radius 2 is 2.14 bits per heavy atom. The minimum atomic E-state index is -0.619. The molecule has 7 nitrogen and oxygen atoms in total. The Kier molecular flexibility index (Phi) is 4.77. The van der Waals surface area contributed by atoms with Gasteiger partial charge in [0.15, 0.2) is 0 Å². The highest BCUT2D eigenvalue weighted by molar-refractivity contribution is 6.35. The zero-order valence-corrected chi connectivity index (χ0v) is 12.4. The molecule has 0 amide bonds. The molecule has 0 aliphatic heterocycles. The van der Waals surface area contributed by atoms with Crippen molar-refractivity contribution in [1.82, 2.24) is 9.97 Å². The lowest BCUT2D eigenvalue weighted by molar-refractivity contribution is -0.385. The highest BCUT2D eigenvalue weighted by Crippen LogP contribution is 2.35. The van der Waals surface area contributed by atoms with E-state index in [0.29, 0.717) is 15.7 Å². The molecule has 0 aliphatic carbocycles. The molecule has 1 N–H and O–H groups in total. The largest absolute Gasteiger partial charge is 0.473 e. The summed E-state index contributed by atoms with van der Waals surface area (Å²) < 4.78 is 5.14. The Balaban J connectivity index is 2.46. The number of rotatable bonds is 5. The maximum absolute atomic E-state index is 11.2. The summed E-state index contributed by atoms with van der Waals surface area (Å²) in [6, 6.07) is 4.72. The van der Waals surface area contributed by atoms with E-state index in [4.69, 9.17) is 27.9 Å². The first-order chi connectivity index (χ1) is 10.0. The zero-order valence-electron chi connectivity index (χ0n) is 10.8. The van der Waals surface area contributed by atoms with Crippen LogP contribution in [-0.4, -0.2) is 21.5 Å². The second-order valence-corrected chi connectivity index (χ2v) is 4.66. The van der Waals surface area contributed by atoms with Gasteiger partial charge < -0.3 is 10.1 Å². The average molecular weight is 329 g/mol. The number of benzene rings is 1. The fraction of sp³-hybridized carbons (Fsp3) is 0.167. The number of nitrogens with one attached hydrogen (secondary N) is 1. The van der Waals surface area contributed by atoms with E-state index in [2.05, 4.69) is 15.3 Å². The first kappa shape index (κ1) is 15.3. The van der Waals surface area contributed by atoms with Crippen molar-refractivity contribution < 1.29 is 9.66 Å². The molecule has 2 rings (SSSR count). The number of aromatic nitrogens is 2. The van der Waals surface area contributed by atoms with Crippen molar-refractivity contribution in [3.63, 3.8) is 0 Å². The van der Waals surface area contributed by atoms with Gasteiger partial charge in [-0.2, -0.15) is 4.98 Å². The quantitative estimate of drug-likeness (QED) is 0.662. The molecule has 9 heteroatoms. The molecule has 0 fully saturated rings. The molecule has 1 heterocycles. The summed E-state index contributed by atoms with van der Waals surface area (Å²) in [5.41, 5.74) is 0.0313. The van der Waals surface area contributed by atoms with Crippen LogP contribution in [0.5, 0.6) is 5.88 Å². The lowest BCUT2D eigenvalue weighted by Gasteiger charge is -2.10. The summed E-state index contributed by atoms with van der Waals surface area (Å²) >= 11 is 11.9. The molecule has 0 saturated carbocycles. The normalized spacial score (nSPS) is 10.2. The topological polar surface area (TPSA) is 90.2 Å². The number of ether oxygens (including phenoxy) is 1. The monoisotopic (exact) mass is 328 g/mol. The lowest BCUT2D eigenvalue weighted by atomic mass is 10.3. The Labute approximate surface area is 130 Å². The van der Waals surface area contributed by atoms with Crippen LogP contribution >= 0.6 is 23.2 Å². The summed E-state index contributed by atoms with van der Waals surface area (Å²) in [4.78, 5) is 18.2. The van der Waals surface area contributed by atoms with Gasteiger partial charge in [0.1, 0.15) is 6.33 Å². The fourth-order valence-corrected chi connectivity index (χ4v) is 1.92. The van der Waals surface area contributed by atoms with E-state index < -0.39 is 4.92 Å². The minimum absolute atomic E-state index is 0.0254. The lowest BCUT2D eigenvalue weighted by Crippen LogP contribution is -2.05. The summed E-state index contributed by atoms with van der Waals surface area (Å²) in [5, 5.41) is 14.8. The van der Waals surface area contributed by atoms with Gasteiger partial charge in [-0.05, 0) is 25.1 Å². The molecule has 0 saturated heterocycles. The van der Waals surface area contributed by atoms with Crippen LogP contribution in [0.25, 0.3) is 0 Å². The number of hydrogen-bond donors (Lipinski definition) is 1. The third-order valence-electron chi connectivity index (χ3n) is 2.43. The van der Waals surface area contributed by atoms with Crippen LogP contribution in [0.1, 0.15) is 6.92 Å². The second-order valence-electron chi connectivity index (χ2n) is 3.82. The second kappa shape index (κ2) is 6.55. The maximum atomic E-state index is 11.2. The molecule has 2 aromatic rings. The van der Waals surface area contributed by atoms with E-state index in [9.17, 15) is 10.1 Å². The van der Waals surface area contributed by atoms with Gasteiger partial charge in [0, 0.05) is 5.02 Å². The molecular formula is C12H10Cl2N4O3. The van der Waals surface area contributed by atoms with Gasteiger partial charge in [-0.1, -0.05) is 23.2 Å².